The number of rotatable bonds is 3. The Morgan fingerprint density at radius 1 is 0.950 bits per heavy atom. The van der Waals surface area contributed by atoms with E-state index >= 15 is 0 Å². The van der Waals surface area contributed by atoms with E-state index in [0.717, 1.165) is 11.1 Å². The van der Waals surface area contributed by atoms with Crippen LogP contribution in [-0.2, 0) is 10.7 Å². The van der Waals surface area contributed by atoms with Gasteiger partial charge in [-0.3, -0.25) is 0 Å². The Kier molecular flexibility index (Phi) is 3.50. The number of hydrogen-bond donors (Lipinski definition) is 1. The summed E-state index contributed by atoms with van der Waals surface area (Å²) in [5.74, 6) is 0.301. The van der Waals surface area contributed by atoms with Gasteiger partial charge in [0, 0.05) is 18.7 Å². The lowest BCUT2D eigenvalue weighted by atomic mass is 10.2. The maximum Gasteiger partial charge on any atom is 0.124 e. The van der Waals surface area contributed by atoms with Gasteiger partial charge in [0.2, 0.25) is 0 Å². The first-order valence-corrected chi connectivity index (χ1v) is 8.87. The second kappa shape index (κ2) is 5.30. The molecule has 1 N–H and O–H groups in total. The molecule has 1 unspecified atom stereocenters. The predicted molar refractivity (Wildman–Crippen MR) is 83.2 cm³/mol. The van der Waals surface area contributed by atoms with E-state index in [1.807, 2.05) is 60.7 Å². The maximum atomic E-state index is 13.3. The number of allylic oxidation sites excluding steroid dienone is 1. The van der Waals surface area contributed by atoms with Crippen molar-refractivity contribution < 1.29 is 9.67 Å². The van der Waals surface area contributed by atoms with Crippen LogP contribution >= 0.6 is 7.14 Å². The summed E-state index contributed by atoms with van der Waals surface area (Å²) in [7, 11) is -2.55. The van der Waals surface area contributed by atoms with Crippen LogP contribution in [-0.4, -0.2) is 11.3 Å². The van der Waals surface area contributed by atoms with E-state index in [9.17, 15) is 9.67 Å². The van der Waals surface area contributed by atoms with Crippen LogP contribution < -0.4 is 0 Å². The molecule has 20 heavy (non-hydrogen) atoms. The summed E-state index contributed by atoms with van der Waals surface area (Å²) in [6, 6.07) is 19.5. The molecule has 0 spiro atoms. The Labute approximate surface area is 119 Å². The van der Waals surface area contributed by atoms with E-state index in [4.69, 9.17) is 0 Å². The number of aliphatic hydroxyl groups excluding tert-OH is 1. The molecule has 0 radical (unpaired) electrons. The second-order valence-electron chi connectivity index (χ2n) is 5.17. The summed E-state index contributed by atoms with van der Waals surface area (Å²) in [5.41, 5.74) is 1.96. The fourth-order valence-electron chi connectivity index (χ4n) is 2.79. The average Bonchev–Trinajstić information content (AvgIpc) is 2.76. The molecule has 0 amide bonds. The van der Waals surface area contributed by atoms with Gasteiger partial charge >= 0.3 is 0 Å². The van der Waals surface area contributed by atoms with Crippen molar-refractivity contribution in [2.45, 2.75) is 12.6 Å². The first-order chi connectivity index (χ1) is 9.69. The monoisotopic (exact) mass is 284 g/mol. The van der Waals surface area contributed by atoms with Crippen molar-refractivity contribution in [2.24, 2.45) is 0 Å². The minimum Gasteiger partial charge on any atom is -0.512 e. The third kappa shape index (κ3) is 2.44. The van der Waals surface area contributed by atoms with Gasteiger partial charge in [-0.25, -0.2) is 0 Å². The van der Waals surface area contributed by atoms with Gasteiger partial charge in [0.15, 0.2) is 0 Å². The number of hydrogen-bond acceptors (Lipinski definition) is 2. The molecule has 3 heteroatoms. The Balaban J connectivity index is 1.99. The van der Waals surface area contributed by atoms with E-state index < -0.39 is 7.14 Å². The molecule has 3 rings (SSSR count). The third-order valence-corrected chi connectivity index (χ3v) is 6.87. The van der Waals surface area contributed by atoms with Gasteiger partial charge in [0.05, 0.1) is 5.31 Å². The predicted octanol–water partition coefficient (Wildman–Crippen LogP) is 4.88. The molecular weight excluding hydrogens is 267 g/mol. The highest BCUT2D eigenvalue weighted by Gasteiger charge is 2.36. The molecule has 0 aromatic heterocycles. The van der Waals surface area contributed by atoms with Crippen molar-refractivity contribution in [1.82, 2.24) is 0 Å². The van der Waals surface area contributed by atoms with Crippen LogP contribution in [0, 0.1) is 0 Å². The van der Waals surface area contributed by atoms with Crippen molar-refractivity contribution in [3.63, 3.8) is 0 Å². The molecule has 1 heterocycles. The van der Waals surface area contributed by atoms with Crippen LogP contribution in [0.15, 0.2) is 66.4 Å². The van der Waals surface area contributed by atoms with Crippen molar-refractivity contribution in [1.29, 1.82) is 0 Å². The number of benzene rings is 2. The molecule has 1 aliphatic heterocycles. The largest absolute Gasteiger partial charge is 0.512 e. The minimum atomic E-state index is -2.55. The van der Waals surface area contributed by atoms with Crippen LogP contribution in [0.25, 0.3) is 5.31 Å². The summed E-state index contributed by atoms with van der Waals surface area (Å²) >= 11 is 0. The summed E-state index contributed by atoms with van der Waals surface area (Å²) in [5, 5.41) is 10.8. The van der Waals surface area contributed by atoms with Crippen LogP contribution in [0.5, 0.6) is 0 Å². The molecular formula is C17H17O2P. The van der Waals surface area contributed by atoms with Crippen LogP contribution in [0.4, 0.5) is 0 Å². The van der Waals surface area contributed by atoms with Gasteiger partial charge in [-0.05, 0) is 11.1 Å². The molecule has 2 aromatic rings. The molecule has 0 fully saturated rings. The van der Waals surface area contributed by atoms with E-state index in [1.54, 1.807) is 0 Å². The SMILES string of the molecule is O=P1(Cc2ccccc2)CCC(O)=C1c1ccccc1. The van der Waals surface area contributed by atoms with Crippen molar-refractivity contribution >= 4 is 12.5 Å². The third-order valence-electron chi connectivity index (χ3n) is 3.72. The first kappa shape index (κ1) is 13.2. The highest BCUT2D eigenvalue weighted by Crippen LogP contribution is 2.66. The Bertz CT molecular complexity index is 675. The molecule has 0 saturated heterocycles. The zero-order chi connectivity index (χ0) is 14.0. The van der Waals surface area contributed by atoms with E-state index in [-0.39, 0.29) is 0 Å². The minimum absolute atomic E-state index is 0.301. The van der Waals surface area contributed by atoms with Gasteiger partial charge in [-0.1, -0.05) is 60.7 Å². The van der Waals surface area contributed by atoms with Crippen molar-refractivity contribution in [3.8, 4) is 0 Å². The van der Waals surface area contributed by atoms with Gasteiger partial charge < -0.3 is 9.67 Å². The van der Waals surface area contributed by atoms with Gasteiger partial charge in [0.25, 0.3) is 0 Å². The Hall–Kier alpha value is -1.79. The molecule has 0 saturated carbocycles. The summed E-state index contributed by atoms with van der Waals surface area (Å²) in [6.07, 6.45) is 1.62. The van der Waals surface area contributed by atoms with Gasteiger partial charge in [-0.2, -0.15) is 0 Å². The lowest BCUT2D eigenvalue weighted by Gasteiger charge is -2.16. The lowest BCUT2D eigenvalue weighted by molar-refractivity contribution is 0.402. The molecule has 1 atom stereocenters. The molecule has 1 aliphatic rings. The van der Waals surface area contributed by atoms with Crippen molar-refractivity contribution in [3.05, 3.63) is 77.5 Å². The van der Waals surface area contributed by atoms with Crippen LogP contribution in [0.2, 0.25) is 0 Å². The van der Waals surface area contributed by atoms with E-state index in [0.29, 0.717) is 29.8 Å². The fraction of sp³-hybridized carbons (Fsp3) is 0.176. The summed E-state index contributed by atoms with van der Waals surface area (Å²) in [6.45, 7) is 0. The standard InChI is InChI=1S/C17H17O2P/c18-16-11-12-20(19,13-14-7-3-1-4-8-14)17(16)15-9-5-2-6-10-15/h1-10,18H,11-13H2. The fourth-order valence-corrected chi connectivity index (χ4v) is 5.90. The van der Waals surface area contributed by atoms with Crippen LogP contribution in [0.3, 0.4) is 0 Å². The highest BCUT2D eigenvalue weighted by molar-refractivity contribution is 7.74. The lowest BCUT2D eigenvalue weighted by Crippen LogP contribution is -1.92. The summed E-state index contributed by atoms with van der Waals surface area (Å²) < 4.78 is 13.3. The first-order valence-electron chi connectivity index (χ1n) is 6.79. The molecule has 0 bridgehead atoms. The topological polar surface area (TPSA) is 37.3 Å². The van der Waals surface area contributed by atoms with Crippen molar-refractivity contribution in [2.75, 3.05) is 6.16 Å². The molecule has 2 nitrogen and oxygen atoms in total. The Morgan fingerprint density at radius 3 is 2.20 bits per heavy atom. The maximum absolute atomic E-state index is 13.3. The zero-order valence-corrected chi connectivity index (χ0v) is 12.1. The van der Waals surface area contributed by atoms with Crippen LogP contribution in [0.1, 0.15) is 17.5 Å². The van der Waals surface area contributed by atoms with Gasteiger partial charge in [0.1, 0.15) is 12.9 Å². The average molecular weight is 284 g/mol. The Morgan fingerprint density at radius 2 is 1.55 bits per heavy atom. The normalized spacial score (nSPS) is 22.2. The molecule has 2 aromatic carbocycles. The molecule has 0 aliphatic carbocycles. The number of aliphatic hydroxyl groups is 1. The van der Waals surface area contributed by atoms with Gasteiger partial charge in [-0.15, -0.1) is 0 Å². The second-order valence-corrected chi connectivity index (χ2v) is 8.16. The molecule has 102 valence electrons. The van der Waals surface area contributed by atoms with E-state index in [2.05, 4.69) is 0 Å². The summed E-state index contributed by atoms with van der Waals surface area (Å²) in [4.78, 5) is 0. The zero-order valence-electron chi connectivity index (χ0n) is 11.2. The quantitative estimate of drug-likeness (QED) is 0.815. The smallest absolute Gasteiger partial charge is 0.124 e. The highest BCUT2D eigenvalue weighted by atomic mass is 31.2. The van der Waals surface area contributed by atoms with E-state index in [1.165, 1.54) is 0 Å².